The molecule has 18 heavy (non-hydrogen) atoms. The number of aromatic nitrogens is 2. The third-order valence-electron chi connectivity index (χ3n) is 3.38. The molecule has 1 aliphatic heterocycles. The Morgan fingerprint density at radius 2 is 2.17 bits per heavy atom. The Morgan fingerprint density at radius 3 is 2.89 bits per heavy atom. The standard InChI is InChI=1S/C14H16N2O2/c1-14(2)4-3-11-12(17)5-9(6-13(11)18-14)10-7-15-16-8-10/h5-8,17H,3-4H2,1-2H3,(H,15,16). The van der Waals surface area contributed by atoms with E-state index in [-0.39, 0.29) is 5.60 Å². The number of H-pyrrole nitrogens is 1. The summed E-state index contributed by atoms with van der Waals surface area (Å²) in [4.78, 5) is 0. The van der Waals surface area contributed by atoms with Gasteiger partial charge in [0.15, 0.2) is 0 Å². The molecule has 2 heterocycles. The monoisotopic (exact) mass is 244 g/mol. The van der Waals surface area contributed by atoms with Crippen LogP contribution in [0.4, 0.5) is 0 Å². The summed E-state index contributed by atoms with van der Waals surface area (Å²) in [5.41, 5.74) is 2.59. The molecule has 0 atom stereocenters. The molecule has 0 saturated heterocycles. The second-order valence-electron chi connectivity index (χ2n) is 5.32. The first-order valence-electron chi connectivity index (χ1n) is 6.09. The topological polar surface area (TPSA) is 58.1 Å². The van der Waals surface area contributed by atoms with Crippen LogP contribution in [0.15, 0.2) is 24.5 Å². The van der Waals surface area contributed by atoms with Crippen LogP contribution in [0.3, 0.4) is 0 Å². The molecule has 0 radical (unpaired) electrons. The van der Waals surface area contributed by atoms with Crippen LogP contribution in [-0.4, -0.2) is 20.9 Å². The number of rotatable bonds is 1. The van der Waals surface area contributed by atoms with E-state index in [1.165, 1.54) is 0 Å². The van der Waals surface area contributed by atoms with E-state index in [4.69, 9.17) is 4.74 Å². The largest absolute Gasteiger partial charge is 0.508 e. The zero-order chi connectivity index (χ0) is 12.8. The fraction of sp³-hybridized carbons (Fsp3) is 0.357. The van der Waals surface area contributed by atoms with Crippen LogP contribution in [0, 0.1) is 0 Å². The van der Waals surface area contributed by atoms with Crippen LogP contribution in [0.5, 0.6) is 11.5 Å². The molecule has 2 aromatic rings. The van der Waals surface area contributed by atoms with Gasteiger partial charge in [0.05, 0.1) is 6.20 Å². The second kappa shape index (κ2) is 3.77. The number of phenols is 1. The number of phenolic OH excluding ortho intramolecular Hbond substituents is 1. The van der Waals surface area contributed by atoms with E-state index in [9.17, 15) is 5.11 Å². The highest BCUT2D eigenvalue weighted by atomic mass is 16.5. The summed E-state index contributed by atoms with van der Waals surface area (Å²) in [7, 11) is 0. The Kier molecular flexibility index (Phi) is 2.33. The molecule has 1 aromatic heterocycles. The maximum atomic E-state index is 10.1. The highest BCUT2D eigenvalue weighted by Crippen LogP contribution is 2.40. The average molecular weight is 244 g/mol. The number of ether oxygens (including phenoxy) is 1. The molecule has 0 amide bonds. The Hall–Kier alpha value is -1.97. The molecule has 0 saturated carbocycles. The lowest BCUT2D eigenvalue weighted by molar-refractivity contribution is 0.0838. The van der Waals surface area contributed by atoms with Gasteiger partial charge < -0.3 is 9.84 Å². The first-order chi connectivity index (χ1) is 8.55. The minimum absolute atomic E-state index is 0.172. The third-order valence-corrected chi connectivity index (χ3v) is 3.38. The predicted octanol–water partition coefficient (Wildman–Crippen LogP) is 2.89. The van der Waals surface area contributed by atoms with Gasteiger partial charge in [0.2, 0.25) is 0 Å². The fourth-order valence-corrected chi connectivity index (χ4v) is 2.32. The molecular formula is C14H16N2O2. The molecule has 0 spiro atoms. The number of fused-ring (bicyclic) bond motifs is 1. The van der Waals surface area contributed by atoms with Gasteiger partial charge in [0.25, 0.3) is 0 Å². The number of aromatic hydroxyl groups is 1. The van der Waals surface area contributed by atoms with Crippen molar-refractivity contribution in [3.8, 4) is 22.6 Å². The summed E-state index contributed by atoms with van der Waals surface area (Å²) in [5.74, 6) is 1.08. The van der Waals surface area contributed by atoms with Crippen molar-refractivity contribution in [1.29, 1.82) is 0 Å². The summed E-state index contributed by atoms with van der Waals surface area (Å²) in [5, 5.41) is 16.8. The summed E-state index contributed by atoms with van der Waals surface area (Å²) >= 11 is 0. The number of hydrogen-bond acceptors (Lipinski definition) is 3. The Labute approximate surface area is 106 Å². The zero-order valence-electron chi connectivity index (χ0n) is 10.5. The van der Waals surface area contributed by atoms with Crippen LogP contribution < -0.4 is 4.74 Å². The second-order valence-corrected chi connectivity index (χ2v) is 5.32. The number of benzene rings is 1. The summed E-state index contributed by atoms with van der Waals surface area (Å²) in [6, 6.07) is 3.74. The fourth-order valence-electron chi connectivity index (χ4n) is 2.32. The van der Waals surface area contributed by atoms with Gasteiger partial charge in [-0.25, -0.2) is 0 Å². The minimum Gasteiger partial charge on any atom is -0.508 e. The van der Waals surface area contributed by atoms with Crippen LogP contribution >= 0.6 is 0 Å². The van der Waals surface area contributed by atoms with Crippen molar-refractivity contribution >= 4 is 0 Å². The molecule has 4 heteroatoms. The summed E-state index contributed by atoms with van der Waals surface area (Å²) in [6.45, 7) is 4.13. The van der Waals surface area contributed by atoms with Gasteiger partial charge in [-0.3, -0.25) is 5.10 Å². The number of nitrogens with zero attached hydrogens (tertiary/aromatic N) is 1. The van der Waals surface area contributed by atoms with E-state index in [1.54, 1.807) is 18.5 Å². The lowest BCUT2D eigenvalue weighted by Crippen LogP contribution is -2.32. The maximum absolute atomic E-state index is 10.1. The van der Waals surface area contributed by atoms with Crippen LogP contribution in [-0.2, 0) is 6.42 Å². The maximum Gasteiger partial charge on any atom is 0.127 e. The molecule has 1 aliphatic rings. The van der Waals surface area contributed by atoms with Crippen molar-refractivity contribution in [3.05, 3.63) is 30.1 Å². The SMILES string of the molecule is CC1(C)CCc2c(O)cc(-c3cn[nH]c3)cc2O1. The van der Waals surface area contributed by atoms with Gasteiger partial charge in [0, 0.05) is 17.3 Å². The van der Waals surface area contributed by atoms with Gasteiger partial charge in [0.1, 0.15) is 17.1 Å². The van der Waals surface area contributed by atoms with E-state index >= 15 is 0 Å². The Balaban J connectivity index is 2.09. The van der Waals surface area contributed by atoms with Gasteiger partial charge >= 0.3 is 0 Å². The molecule has 0 unspecified atom stereocenters. The molecule has 0 aliphatic carbocycles. The van der Waals surface area contributed by atoms with Crippen molar-refractivity contribution in [2.45, 2.75) is 32.3 Å². The molecule has 1 aromatic carbocycles. The lowest BCUT2D eigenvalue weighted by atomic mass is 9.92. The highest BCUT2D eigenvalue weighted by Gasteiger charge is 2.28. The predicted molar refractivity (Wildman–Crippen MR) is 68.7 cm³/mol. The molecule has 0 bridgehead atoms. The van der Waals surface area contributed by atoms with Crippen LogP contribution in [0.2, 0.25) is 0 Å². The summed E-state index contributed by atoms with van der Waals surface area (Å²) < 4.78 is 5.95. The third kappa shape index (κ3) is 1.83. The number of nitrogens with one attached hydrogen (secondary N) is 1. The van der Waals surface area contributed by atoms with E-state index in [0.29, 0.717) is 5.75 Å². The zero-order valence-corrected chi connectivity index (χ0v) is 10.5. The van der Waals surface area contributed by atoms with Gasteiger partial charge in [-0.2, -0.15) is 5.10 Å². The van der Waals surface area contributed by atoms with Crippen molar-refractivity contribution in [2.75, 3.05) is 0 Å². The first-order valence-corrected chi connectivity index (χ1v) is 6.09. The lowest BCUT2D eigenvalue weighted by Gasteiger charge is -2.33. The molecule has 4 nitrogen and oxygen atoms in total. The van der Waals surface area contributed by atoms with Crippen molar-refractivity contribution in [2.24, 2.45) is 0 Å². The average Bonchev–Trinajstić information content (AvgIpc) is 2.80. The Bertz CT molecular complexity index is 574. The van der Waals surface area contributed by atoms with E-state index in [0.717, 1.165) is 35.3 Å². The van der Waals surface area contributed by atoms with Crippen LogP contribution in [0.1, 0.15) is 25.8 Å². The van der Waals surface area contributed by atoms with Crippen molar-refractivity contribution < 1.29 is 9.84 Å². The van der Waals surface area contributed by atoms with E-state index in [2.05, 4.69) is 24.0 Å². The number of hydrogen-bond donors (Lipinski definition) is 2. The molecule has 2 N–H and O–H groups in total. The minimum atomic E-state index is -0.172. The van der Waals surface area contributed by atoms with Gasteiger partial charge in [-0.1, -0.05) is 0 Å². The highest BCUT2D eigenvalue weighted by molar-refractivity contribution is 5.68. The van der Waals surface area contributed by atoms with E-state index in [1.807, 2.05) is 6.07 Å². The molecule has 0 fully saturated rings. The Morgan fingerprint density at radius 1 is 1.33 bits per heavy atom. The van der Waals surface area contributed by atoms with Gasteiger partial charge in [-0.05, 0) is 44.4 Å². The molecule has 3 rings (SSSR count). The van der Waals surface area contributed by atoms with Crippen molar-refractivity contribution in [1.82, 2.24) is 10.2 Å². The first kappa shape index (κ1) is 11.1. The molecular weight excluding hydrogens is 228 g/mol. The normalized spacial score (nSPS) is 17.0. The number of aromatic amines is 1. The van der Waals surface area contributed by atoms with Gasteiger partial charge in [-0.15, -0.1) is 0 Å². The van der Waals surface area contributed by atoms with Crippen molar-refractivity contribution in [3.63, 3.8) is 0 Å². The quantitative estimate of drug-likeness (QED) is 0.811. The summed E-state index contributed by atoms with van der Waals surface area (Å²) in [6.07, 6.45) is 5.29. The van der Waals surface area contributed by atoms with Crippen LogP contribution in [0.25, 0.3) is 11.1 Å². The molecule has 94 valence electrons. The van der Waals surface area contributed by atoms with E-state index < -0.39 is 0 Å². The smallest absolute Gasteiger partial charge is 0.127 e.